The molecule has 0 spiro atoms. The van der Waals surface area contributed by atoms with Gasteiger partial charge in [-0.3, -0.25) is 24.0 Å². The Morgan fingerprint density at radius 1 is 0.833 bits per heavy atom. The van der Waals surface area contributed by atoms with Gasteiger partial charge in [0.1, 0.15) is 5.78 Å². The average Bonchev–Trinajstić information content (AvgIpc) is 3.87. The summed E-state index contributed by atoms with van der Waals surface area (Å²) >= 11 is 0. The predicted molar refractivity (Wildman–Crippen MR) is 184 cm³/mol. The lowest BCUT2D eigenvalue weighted by Gasteiger charge is -2.38. The molecule has 0 aromatic carbocycles. The van der Waals surface area contributed by atoms with E-state index >= 15 is 0 Å². The van der Waals surface area contributed by atoms with Crippen LogP contribution in [-0.2, 0) is 34.0 Å². The van der Waals surface area contributed by atoms with Gasteiger partial charge >= 0.3 is 0 Å². The van der Waals surface area contributed by atoms with E-state index in [0.717, 1.165) is 70.6 Å². The molecule has 270 valence electrons. The molecule has 1 amide bonds. The Bertz CT molecular complexity index is 1340. The second-order valence-corrected chi connectivity index (χ2v) is 19.3. The number of carbonyl (C=O) groups excluding carboxylic acids is 5. The summed E-state index contributed by atoms with van der Waals surface area (Å²) in [6, 6.07) is -0.635. The highest BCUT2D eigenvalue weighted by atomic mass is 32.2. The zero-order chi connectivity index (χ0) is 34.9. The van der Waals surface area contributed by atoms with Gasteiger partial charge in [-0.05, 0) is 67.1 Å². The molecule has 5 rings (SSSR count). The van der Waals surface area contributed by atoms with Crippen LogP contribution in [0.15, 0.2) is 0 Å². The van der Waals surface area contributed by atoms with Crippen molar-refractivity contribution in [2.24, 2.45) is 40.4 Å². The molecule has 5 atom stereocenters. The number of nitrogens with zero attached hydrogens (tertiary/aromatic N) is 2. The van der Waals surface area contributed by atoms with E-state index in [1.54, 1.807) is 4.90 Å². The first-order valence-corrected chi connectivity index (χ1v) is 20.6. The average molecular weight is 689 g/mol. The Balaban J connectivity index is 1.35. The normalized spacial score (nSPS) is 31.4. The first-order valence-electron chi connectivity index (χ1n) is 19.0. The van der Waals surface area contributed by atoms with Gasteiger partial charge in [-0.25, -0.2) is 12.7 Å². The van der Waals surface area contributed by atoms with Gasteiger partial charge in [0, 0.05) is 58.2 Å². The molecule has 2 saturated heterocycles. The molecule has 0 N–H and O–H groups in total. The standard InChI is InChI=1S/C38H60N2O7S/c1-37(2)30-24-40-34(33(30)37)31(42)22-27(35(44)32(43)20-26-16-17-26)14-10-7-5-6-8-11-15-28(36(40)45)21-29(41)23-38(18-12-9-13-19-38)25-48(46,47)39(3)4/h26-28,30,33-34H,5-25H2,1-4H3/t27-,28-,30+,33+,34-/m1/s1. The summed E-state index contributed by atoms with van der Waals surface area (Å²) in [5.74, 6) is -1.80. The van der Waals surface area contributed by atoms with Gasteiger partial charge in [-0.15, -0.1) is 0 Å². The molecule has 5 aliphatic rings. The van der Waals surface area contributed by atoms with Crippen LogP contribution in [0.2, 0.25) is 0 Å². The van der Waals surface area contributed by atoms with E-state index in [1.807, 2.05) is 0 Å². The largest absolute Gasteiger partial charge is 0.332 e. The molecule has 3 aliphatic carbocycles. The van der Waals surface area contributed by atoms with E-state index in [4.69, 9.17) is 0 Å². The number of ketones is 4. The molecule has 0 radical (unpaired) electrons. The number of amides is 1. The van der Waals surface area contributed by atoms with Crippen molar-refractivity contribution in [2.75, 3.05) is 26.4 Å². The lowest BCUT2D eigenvalue weighted by Crippen LogP contribution is -2.49. The van der Waals surface area contributed by atoms with Gasteiger partial charge in [-0.2, -0.15) is 0 Å². The quantitative estimate of drug-likeness (QED) is 0.247. The fourth-order valence-electron chi connectivity index (χ4n) is 9.48. The molecule has 0 aromatic rings. The highest BCUT2D eigenvalue weighted by molar-refractivity contribution is 7.89. The fraction of sp³-hybridized carbons (Fsp3) is 0.868. The maximum Gasteiger partial charge on any atom is 0.226 e. The van der Waals surface area contributed by atoms with E-state index in [-0.39, 0.29) is 71.9 Å². The van der Waals surface area contributed by atoms with E-state index < -0.39 is 39.1 Å². The van der Waals surface area contributed by atoms with Crippen molar-refractivity contribution in [1.82, 2.24) is 9.21 Å². The van der Waals surface area contributed by atoms with Crippen molar-refractivity contribution in [1.29, 1.82) is 0 Å². The van der Waals surface area contributed by atoms with Crippen molar-refractivity contribution in [3.05, 3.63) is 0 Å². The molecular weight excluding hydrogens is 628 g/mol. The first kappa shape index (κ1) is 37.3. The number of hydrogen-bond acceptors (Lipinski definition) is 7. The highest BCUT2D eigenvalue weighted by Gasteiger charge is 2.69. The molecule has 9 nitrogen and oxygen atoms in total. The molecule has 48 heavy (non-hydrogen) atoms. The summed E-state index contributed by atoms with van der Waals surface area (Å²) in [6.07, 6.45) is 13.2. The second-order valence-electron chi connectivity index (χ2n) is 17.1. The van der Waals surface area contributed by atoms with Crippen molar-refractivity contribution < 1.29 is 32.4 Å². The van der Waals surface area contributed by atoms with Crippen molar-refractivity contribution in [3.8, 4) is 0 Å². The Labute approximate surface area is 288 Å². The molecule has 2 aliphatic heterocycles. The molecule has 0 unspecified atom stereocenters. The monoisotopic (exact) mass is 688 g/mol. The number of sulfonamides is 1. The lowest BCUT2D eigenvalue weighted by atomic mass is 9.71. The van der Waals surface area contributed by atoms with Gasteiger partial charge in [0.2, 0.25) is 21.7 Å². The van der Waals surface area contributed by atoms with Crippen LogP contribution in [-0.4, -0.2) is 79.1 Å². The van der Waals surface area contributed by atoms with Gasteiger partial charge < -0.3 is 4.90 Å². The van der Waals surface area contributed by atoms with Gasteiger partial charge in [0.25, 0.3) is 0 Å². The third-order valence-corrected chi connectivity index (χ3v) is 14.9. The number of piperidine rings is 1. The number of hydrogen-bond donors (Lipinski definition) is 0. The SMILES string of the molecule is CN(C)S(=O)(=O)CC1(CC(=O)C[C@H]2CCCCCCCC[C@@H](C(=O)C(=O)CC3CC3)CC(=O)[C@@H]3[C@@H]4[C@H](CN3C2=O)C4(C)C)CCCCC1. The number of carbonyl (C=O) groups is 5. The summed E-state index contributed by atoms with van der Waals surface area (Å²) in [7, 11) is -0.438. The topological polar surface area (TPSA) is 126 Å². The summed E-state index contributed by atoms with van der Waals surface area (Å²) in [6.45, 7) is 4.75. The predicted octanol–water partition coefficient (Wildman–Crippen LogP) is 5.92. The van der Waals surface area contributed by atoms with E-state index in [1.165, 1.54) is 18.4 Å². The highest BCUT2D eigenvalue weighted by Crippen LogP contribution is 2.65. The van der Waals surface area contributed by atoms with Crippen LogP contribution in [0.25, 0.3) is 0 Å². The minimum absolute atomic E-state index is 0.00451. The van der Waals surface area contributed by atoms with Gasteiger partial charge in [-0.1, -0.05) is 71.6 Å². The van der Waals surface area contributed by atoms with Crippen LogP contribution in [0.1, 0.15) is 136 Å². The molecule has 5 fully saturated rings. The number of rotatable bonds is 11. The fourth-order valence-corrected chi connectivity index (χ4v) is 10.9. The summed E-state index contributed by atoms with van der Waals surface area (Å²) in [4.78, 5) is 70.6. The van der Waals surface area contributed by atoms with Crippen LogP contribution < -0.4 is 0 Å². The Kier molecular flexibility index (Phi) is 11.8. The second kappa shape index (κ2) is 15.1. The first-order chi connectivity index (χ1) is 22.6. The molecule has 10 heteroatoms. The van der Waals surface area contributed by atoms with Crippen LogP contribution in [0.4, 0.5) is 0 Å². The third-order valence-electron chi connectivity index (χ3n) is 12.8. The molecule has 0 bridgehead atoms. The Morgan fingerprint density at radius 2 is 1.44 bits per heavy atom. The lowest BCUT2D eigenvalue weighted by molar-refractivity contribution is -0.145. The van der Waals surface area contributed by atoms with E-state index in [9.17, 15) is 32.4 Å². The smallest absolute Gasteiger partial charge is 0.226 e. The third kappa shape index (κ3) is 8.67. The Hall–Kier alpha value is -1.94. The summed E-state index contributed by atoms with van der Waals surface area (Å²) < 4.78 is 27.2. The van der Waals surface area contributed by atoms with E-state index in [0.29, 0.717) is 38.1 Å². The Morgan fingerprint density at radius 3 is 2.06 bits per heavy atom. The molecule has 0 aromatic heterocycles. The molecule has 3 saturated carbocycles. The van der Waals surface area contributed by atoms with Gasteiger partial charge in [0.05, 0.1) is 11.8 Å². The van der Waals surface area contributed by atoms with Crippen LogP contribution in [0.5, 0.6) is 0 Å². The van der Waals surface area contributed by atoms with Crippen LogP contribution in [0, 0.1) is 40.4 Å². The minimum atomic E-state index is -3.51. The zero-order valence-corrected chi connectivity index (χ0v) is 30.8. The molecule has 2 heterocycles. The van der Waals surface area contributed by atoms with Crippen molar-refractivity contribution >= 4 is 39.1 Å². The summed E-state index contributed by atoms with van der Waals surface area (Å²) in [5.41, 5.74) is -0.699. The van der Waals surface area contributed by atoms with E-state index in [2.05, 4.69) is 13.8 Å². The zero-order valence-electron chi connectivity index (χ0n) is 30.0. The minimum Gasteiger partial charge on any atom is -0.332 e. The van der Waals surface area contributed by atoms with Crippen molar-refractivity contribution in [2.45, 2.75) is 142 Å². The van der Waals surface area contributed by atoms with Crippen LogP contribution in [0.3, 0.4) is 0 Å². The maximum atomic E-state index is 14.5. The van der Waals surface area contributed by atoms with Crippen molar-refractivity contribution in [3.63, 3.8) is 0 Å². The molecular formula is C38H60N2O7S. The van der Waals surface area contributed by atoms with Gasteiger partial charge in [0.15, 0.2) is 11.6 Å². The summed E-state index contributed by atoms with van der Waals surface area (Å²) in [5, 5.41) is 0. The number of fused-ring (bicyclic) bond motifs is 3. The van der Waals surface area contributed by atoms with Crippen LogP contribution >= 0.6 is 0 Å². The maximum absolute atomic E-state index is 14.5. The number of Topliss-reactive ketones (excluding diaryl/α,β-unsaturated/α-hetero) is 4.